The van der Waals surface area contributed by atoms with Crippen LogP contribution in [-0.2, 0) is 9.47 Å². The first-order valence-corrected chi connectivity index (χ1v) is 15.1. The molecule has 2 aromatic rings. The third kappa shape index (κ3) is 6.66. The van der Waals surface area contributed by atoms with Gasteiger partial charge in [0.15, 0.2) is 0 Å². The lowest BCUT2D eigenvalue weighted by molar-refractivity contribution is 0.0288. The van der Waals surface area contributed by atoms with Gasteiger partial charge in [-0.3, -0.25) is 0 Å². The number of benzene rings is 1. The first-order valence-electron chi connectivity index (χ1n) is 12.4. The van der Waals surface area contributed by atoms with E-state index in [2.05, 4.69) is 75.3 Å². The average molecular weight is 755 g/mol. The molecule has 2 saturated heterocycles. The number of nitrogens with one attached hydrogen (secondary N) is 1. The Labute approximate surface area is 248 Å². The third-order valence-electron chi connectivity index (χ3n) is 6.18. The standard InChI is InChI=1S/C25H34Br2IN5O4/c1-24(2,3)36-22(34)29-14-7-9-31(12-14)21-30-20-17(11-16(26)18(27)19(20)28)33(21)15-8-10-32(13-15)23(35)37-25(4,5)6/h11,14-15H,7-10,12-13H2,1-6H3,(H,29,34)/t14-,15+/m1/s1. The fraction of sp³-hybridized carbons (Fsp3) is 0.640. The predicted octanol–water partition coefficient (Wildman–Crippen LogP) is 6.45. The largest absolute Gasteiger partial charge is 0.444 e. The van der Waals surface area contributed by atoms with Gasteiger partial charge in [-0.2, -0.15) is 0 Å². The molecule has 204 valence electrons. The highest BCUT2D eigenvalue weighted by atomic mass is 127. The number of amides is 2. The molecule has 2 aliphatic rings. The van der Waals surface area contributed by atoms with Gasteiger partial charge in [-0.25, -0.2) is 14.6 Å². The van der Waals surface area contributed by atoms with E-state index in [4.69, 9.17) is 14.5 Å². The number of halogens is 3. The van der Waals surface area contributed by atoms with E-state index in [0.717, 1.165) is 48.9 Å². The predicted molar refractivity (Wildman–Crippen MR) is 159 cm³/mol. The fourth-order valence-corrected chi connectivity index (χ4v) is 6.46. The molecule has 1 aromatic carbocycles. The molecule has 0 radical (unpaired) electrons. The van der Waals surface area contributed by atoms with Crippen LogP contribution in [0.2, 0.25) is 0 Å². The number of rotatable bonds is 3. The Morgan fingerprint density at radius 2 is 1.73 bits per heavy atom. The Morgan fingerprint density at radius 1 is 1.05 bits per heavy atom. The van der Waals surface area contributed by atoms with Crippen LogP contribution in [0.15, 0.2) is 15.0 Å². The van der Waals surface area contributed by atoms with Crippen LogP contribution in [0.1, 0.15) is 60.4 Å². The number of hydrogen-bond donors (Lipinski definition) is 1. The molecule has 3 heterocycles. The minimum atomic E-state index is -0.545. The summed E-state index contributed by atoms with van der Waals surface area (Å²) >= 11 is 9.67. The Balaban J connectivity index is 1.62. The summed E-state index contributed by atoms with van der Waals surface area (Å²) in [7, 11) is 0. The highest BCUT2D eigenvalue weighted by molar-refractivity contribution is 14.1. The lowest BCUT2D eigenvalue weighted by atomic mass is 10.2. The summed E-state index contributed by atoms with van der Waals surface area (Å²) in [5, 5.41) is 3.01. The molecule has 2 aliphatic heterocycles. The smallest absolute Gasteiger partial charge is 0.410 e. The minimum absolute atomic E-state index is 0.0394. The summed E-state index contributed by atoms with van der Waals surface area (Å²) < 4.78 is 16.3. The van der Waals surface area contributed by atoms with Crippen LogP contribution in [0.3, 0.4) is 0 Å². The van der Waals surface area contributed by atoms with Gasteiger partial charge < -0.3 is 29.2 Å². The Hall–Kier alpha value is -1.28. The molecule has 0 unspecified atom stereocenters. The van der Waals surface area contributed by atoms with Gasteiger partial charge >= 0.3 is 12.2 Å². The molecule has 0 spiro atoms. The summed E-state index contributed by atoms with van der Waals surface area (Å²) in [6.07, 6.45) is 0.901. The van der Waals surface area contributed by atoms with Crippen LogP contribution in [0.25, 0.3) is 11.0 Å². The van der Waals surface area contributed by atoms with E-state index < -0.39 is 17.3 Å². The van der Waals surface area contributed by atoms with Crippen molar-refractivity contribution in [2.45, 2.75) is 77.7 Å². The van der Waals surface area contributed by atoms with Gasteiger partial charge in [0.1, 0.15) is 16.7 Å². The molecule has 1 aromatic heterocycles. The summed E-state index contributed by atoms with van der Waals surface area (Å²) in [6.45, 7) is 13.8. The molecular weight excluding hydrogens is 721 g/mol. The summed E-state index contributed by atoms with van der Waals surface area (Å²) in [4.78, 5) is 34.2. The normalized spacial score (nSPS) is 20.6. The second-order valence-corrected chi connectivity index (χ2v) is 14.3. The van der Waals surface area contributed by atoms with Crippen LogP contribution < -0.4 is 10.2 Å². The van der Waals surface area contributed by atoms with Gasteiger partial charge in [0.2, 0.25) is 5.95 Å². The molecular formula is C25H34Br2IN5O4. The van der Waals surface area contributed by atoms with Crippen LogP contribution in [0, 0.1) is 3.57 Å². The molecule has 2 fully saturated rings. The quantitative estimate of drug-likeness (QED) is 0.287. The SMILES string of the molecule is CC(C)(C)OC(=O)N[C@@H]1CCN(c2nc3c(I)c(Br)c(Br)cc3n2[C@H]2CCN(C(=O)OC(C)(C)C)C2)C1. The van der Waals surface area contributed by atoms with Crippen molar-refractivity contribution in [3.05, 3.63) is 18.6 Å². The topological polar surface area (TPSA) is 88.9 Å². The number of hydrogen-bond acceptors (Lipinski definition) is 6. The first kappa shape index (κ1) is 28.7. The van der Waals surface area contributed by atoms with Crippen molar-refractivity contribution >= 4 is 83.6 Å². The van der Waals surface area contributed by atoms with E-state index in [1.807, 2.05) is 41.5 Å². The van der Waals surface area contributed by atoms with E-state index in [9.17, 15) is 9.59 Å². The summed E-state index contributed by atoms with van der Waals surface area (Å²) in [5.74, 6) is 0.849. The van der Waals surface area contributed by atoms with E-state index in [-0.39, 0.29) is 18.2 Å². The number of imidazole rings is 1. The first-order chi connectivity index (χ1) is 17.1. The van der Waals surface area contributed by atoms with E-state index in [0.29, 0.717) is 19.6 Å². The highest BCUT2D eigenvalue weighted by Crippen LogP contribution is 2.40. The number of anilines is 1. The Bertz CT molecular complexity index is 1210. The average Bonchev–Trinajstić information content (AvgIpc) is 3.47. The number of fused-ring (bicyclic) bond motifs is 1. The second-order valence-electron chi connectivity index (χ2n) is 11.6. The van der Waals surface area contributed by atoms with Crippen molar-refractivity contribution in [1.29, 1.82) is 0 Å². The molecule has 37 heavy (non-hydrogen) atoms. The van der Waals surface area contributed by atoms with E-state index in [1.165, 1.54) is 0 Å². The molecule has 0 bridgehead atoms. The Kier molecular flexibility index (Phi) is 8.31. The number of carbonyl (C=O) groups is 2. The zero-order valence-electron chi connectivity index (χ0n) is 22.0. The van der Waals surface area contributed by atoms with Gasteiger partial charge in [0.05, 0.1) is 21.2 Å². The van der Waals surface area contributed by atoms with Crippen molar-refractivity contribution < 1.29 is 19.1 Å². The van der Waals surface area contributed by atoms with Crippen molar-refractivity contribution in [3.8, 4) is 0 Å². The molecule has 0 saturated carbocycles. The van der Waals surface area contributed by atoms with Crippen molar-refractivity contribution in [3.63, 3.8) is 0 Å². The second kappa shape index (κ2) is 10.7. The Morgan fingerprint density at radius 3 is 2.38 bits per heavy atom. The minimum Gasteiger partial charge on any atom is -0.444 e. The highest BCUT2D eigenvalue weighted by Gasteiger charge is 2.36. The number of likely N-dealkylation sites (tertiary alicyclic amines) is 1. The van der Waals surface area contributed by atoms with E-state index in [1.54, 1.807) is 4.90 Å². The monoisotopic (exact) mass is 753 g/mol. The number of carbonyl (C=O) groups excluding carboxylic acids is 2. The van der Waals surface area contributed by atoms with Crippen LogP contribution in [0.4, 0.5) is 15.5 Å². The van der Waals surface area contributed by atoms with Gasteiger partial charge in [0, 0.05) is 35.1 Å². The lowest BCUT2D eigenvalue weighted by Crippen LogP contribution is -2.40. The zero-order chi connectivity index (χ0) is 27.3. The maximum atomic E-state index is 12.8. The molecule has 12 heteroatoms. The van der Waals surface area contributed by atoms with Gasteiger partial charge in [-0.05, 0) is 115 Å². The molecule has 2 atom stereocenters. The van der Waals surface area contributed by atoms with E-state index >= 15 is 0 Å². The van der Waals surface area contributed by atoms with Gasteiger partial charge in [0.25, 0.3) is 0 Å². The molecule has 1 N–H and O–H groups in total. The van der Waals surface area contributed by atoms with Crippen molar-refractivity contribution in [2.75, 3.05) is 31.1 Å². The maximum Gasteiger partial charge on any atom is 0.410 e. The van der Waals surface area contributed by atoms with Crippen molar-refractivity contribution in [1.82, 2.24) is 19.8 Å². The lowest BCUT2D eigenvalue weighted by Gasteiger charge is -2.26. The molecule has 4 rings (SSSR count). The number of aromatic nitrogens is 2. The third-order valence-corrected chi connectivity index (χ3v) is 9.95. The van der Waals surface area contributed by atoms with Crippen molar-refractivity contribution in [2.24, 2.45) is 0 Å². The van der Waals surface area contributed by atoms with Crippen LogP contribution in [0.5, 0.6) is 0 Å². The summed E-state index contributed by atoms with van der Waals surface area (Å²) in [6, 6.07) is 2.09. The maximum absolute atomic E-state index is 12.8. The molecule has 0 aliphatic carbocycles. The zero-order valence-corrected chi connectivity index (χ0v) is 27.4. The number of alkyl carbamates (subject to hydrolysis) is 1. The van der Waals surface area contributed by atoms with Crippen LogP contribution in [-0.4, -0.2) is 70.1 Å². The fourth-order valence-electron chi connectivity index (χ4n) is 4.69. The summed E-state index contributed by atoms with van der Waals surface area (Å²) in [5.41, 5.74) is 0.830. The van der Waals surface area contributed by atoms with Gasteiger partial charge in [-0.15, -0.1) is 0 Å². The van der Waals surface area contributed by atoms with Crippen LogP contribution >= 0.6 is 54.5 Å². The number of nitrogens with zero attached hydrogens (tertiary/aromatic N) is 4. The molecule has 9 nitrogen and oxygen atoms in total. The molecule has 2 amide bonds. The number of ether oxygens (including phenoxy) is 2. The van der Waals surface area contributed by atoms with Gasteiger partial charge in [-0.1, -0.05) is 0 Å².